The lowest BCUT2D eigenvalue weighted by Crippen LogP contribution is -2.31. The van der Waals surface area contributed by atoms with Crippen molar-refractivity contribution in [3.8, 4) is 11.3 Å². The van der Waals surface area contributed by atoms with E-state index in [0.29, 0.717) is 24.0 Å². The summed E-state index contributed by atoms with van der Waals surface area (Å²) in [5.74, 6) is -0.925. The maximum absolute atomic E-state index is 13.5. The fourth-order valence-corrected chi connectivity index (χ4v) is 4.53. The van der Waals surface area contributed by atoms with Crippen molar-refractivity contribution in [2.45, 2.75) is 24.6 Å². The molecule has 1 unspecified atom stereocenters. The molecule has 41 heavy (non-hydrogen) atoms. The number of fused-ring (bicyclic) bond motifs is 1. The van der Waals surface area contributed by atoms with Crippen molar-refractivity contribution in [3.05, 3.63) is 70.0 Å². The van der Waals surface area contributed by atoms with E-state index < -0.39 is 35.4 Å². The highest BCUT2D eigenvalue weighted by Gasteiger charge is 2.35. The first kappa shape index (κ1) is 30.0. The number of aromatic amines is 1. The summed E-state index contributed by atoms with van der Waals surface area (Å²) in [4.78, 5) is 39.9. The SMILES string of the molecule is O=C(OCCOCCOCCO)OCC1C[C@@H](c2ccc3cc(-c4ccccc4C(F)(F)F)[nH]c(=O)c3c2)C(=O)N1. The lowest BCUT2D eigenvalue weighted by atomic mass is 9.93. The van der Waals surface area contributed by atoms with Crippen LogP contribution in [-0.2, 0) is 29.9 Å². The maximum Gasteiger partial charge on any atom is 0.508 e. The van der Waals surface area contributed by atoms with Crippen molar-refractivity contribution < 1.29 is 46.8 Å². The number of hydrogen-bond acceptors (Lipinski definition) is 8. The van der Waals surface area contributed by atoms with Crippen LogP contribution in [0.2, 0.25) is 0 Å². The topological polar surface area (TPSA) is 136 Å². The molecule has 1 aromatic heterocycles. The van der Waals surface area contributed by atoms with Crippen LogP contribution in [0, 0.1) is 0 Å². The highest BCUT2D eigenvalue weighted by molar-refractivity contribution is 5.90. The van der Waals surface area contributed by atoms with Crippen molar-refractivity contribution in [1.82, 2.24) is 10.3 Å². The van der Waals surface area contributed by atoms with Crippen molar-refractivity contribution in [2.24, 2.45) is 0 Å². The van der Waals surface area contributed by atoms with Gasteiger partial charge in [0, 0.05) is 16.6 Å². The third kappa shape index (κ3) is 7.84. The van der Waals surface area contributed by atoms with Crippen LogP contribution in [0.5, 0.6) is 0 Å². The molecule has 1 amide bonds. The van der Waals surface area contributed by atoms with Gasteiger partial charge in [-0.1, -0.05) is 30.3 Å². The number of halogens is 3. The van der Waals surface area contributed by atoms with Gasteiger partial charge < -0.3 is 34.4 Å². The summed E-state index contributed by atoms with van der Waals surface area (Å²) in [5, 5.41) is 12.0. The van der Waals surface area contributed by atoms with Crippen molar-refractivity contribution in [2.75, 3.05) is 46.2 Å². The van der Waals surface area contributed by atoms with E-state index in [1.54, 1.807) is 18.2 Å². The first-order valence-electron chi connectivity index (χ1n) is 12.9. The Morgan fingerprint density at radius 3 is 2.44 bits per heavy atom. The molecule has 0 spiro atoms. The number of pyridine rings is 1. The number of aliphatic hydroxyl groups is 1. The van der Waals surface area contributed by atoms with Gasteiger partial charge in [0.15, 0.2) is 0 Å². The lowest BCUT2D eigenvalue weighted by Gasteiger charge is -2.14. The van der Waals surface area contributed by atoms with Gasteiger partial charge in [-0.3, -0.25) is 9.59 Å². The Bertz CT molecular complexity index is 1430. The number of amides is 1. The first-order chi connectivity index (χ1) is 19.7. The molecule has 2 atom stereocenters. The Kier molecular flexibility index (Phi) is 9.97. The molecule has 10 nitrogen and oxygen atoms in total. The Balaban J connectivity index is 1.34. The molecule has 1 saturated heterocycles. The second-order valence-electron chi connectivity index (χ2n) is 9.25. The van der Waals surface area contributed by atoms with E-state index in [0.717, 1.165) is 6.07 Å². The molecular weight excluding hydrogens is 549 g/mol. The standard InChI is InChI=1S/C28H29F3N2O8/c29-28(30,31)23-4-2-1-3-20(23)24-14-18-6-5-17(13-21(18)26(36)33-24)22-15-19(32-25(22)35)16-41-27(37)40-12-11-39-10-9-38-8-7-34/h1-6,13-14,19,22,34H,7-12,15-16H2,(H,32,35)(H,33,36)/t19?,22-/m0/s1. The third-order valence-electron chi connectivity index (χ3n) is 6.44. The first-order valence-corrected chi connectivity index (χ1v) is 12.9. The van der Waals surface area contributed by atoms with Crippen molar-refractivity contribution in [1.29, 1.82) is 0 Å². The minimum Gasteiger partial charge on any atom is -0.432 e. The lowest BCUT2D eigenvalue weighted by molar-refractivity contribution is -0.137. The fourth-order valence-electron chi connectivity index (χ4n) is 4.53. The van der Waals surface area contributed by atoms with Crippen LogP contribution in [-0.4, -0.2) is 74.4 Å². The molecule has 4 rings (SSSR count). The molecule has 1 aliphatic heterocycles. The van der Waals surface area contributed by atoms with E-state index in [2.05, 4.69) is 10.3 Å². The van der Waals surface area contributed by atoms with E-state index in [1.165, 1.54) is 24.3 Å². The molecular formula is C28H29F3N2O8. The van der Waals surface area contributed by atoms with Gasteiger partial charge in [-0.2, -0.15) is 13.2 Å². The van der Waals surface area contributed by atoms with Gasteiger partial charge in [0.1, 0.15) is 13.2 Å². The van der Waals surface area contributed by atoms with Crippen LogP contribution in [0.25, 0.3) is 22.0 Å². The molecule has 1 aliphatic rings. The Morgan fingerprint density at radius 2 is 1.68 bits per heavy atom. The normalized spacial score (nSPS) is 17.0. The predicted molar refractivity (Wildman–Crippen MR) is 140 cm³/mol. The number of alkyl halides is 3. The maximum atomic E-state index is 13.5. The summed E-state index contributed by atoms with van der Waals surface area (Å²) in [5.41, 5.74) is -1.01. The van der Waals surface area contributed by atoms with E-state index in [1.807, 2.05) is 0 Å². The summed E-state index contributed by atoms with van der Waals surface area (Å²) in [7, 11) is 0. The van der Waals surface area contributed by atoms with Crippen molar-refractivity contribution >= 4 is 22.8 Å². The zero-order chi connectivity index (χ0) is 29.4. The number of hydrogen-bond donors (Lipinski definition) is 3. The van der Waals surface area contributed by atoms with Crippen LogP contribution in [0.1, 0.15) is 23.5 Å². The minimum atomic E-state index is -4.59. The van der Waals surface area contributed by atoms with Crippen LogP contribution in [0.3, 0.4) is 0 Å². The molecule has 2 aromatic carbocycles. The van der Waals surface area contributed by atoms with Gasteiger partial charge in [0.2, 0.25) is 5.91 Å². The van der Waals surface area contributed by atoms with Gasteiger partial charge in [0.25, 0.3) is 5.56 Å². The van der Waals surface area contributed by atoms with Crippen LogP contribution in [0.4, 0.5) is 18.0 Å². The molecule has 0 bridgehead atoms. The smallest absolute Gasteiger partial charge is 0.432 e. The molecule has 3 N–H and O–H groups in total. The third-order valence-corrected chi connectivity index (χ3v) is 6.44. The molecule has 0 radical (unpaired) electrons. The number of nitrogens with one attached hydrogen (secondary N) is 2. The number of carbonyl (C=O) groups is 2. The molecule has 0 saturated carbocycles. The number of benzene rings is 2. The van der Waals surface area contributed by atoms with Gasteiger partial charge in [-0.25, -0.2) is 4.79 Å². The molecule has 2 heterocycles. The van der Waals surface area contributed by atoms with Gasteiger partial charge in [-0.15, -0.1) is 0 Å². The number of aromatic nitrogens is 1. The van der Waals surface area contributed by atoms with E-state index >= 15 is 0 Å². The van der Waals surface area contributed by atoms with Crippen molar-refractivity contribution in [3.63, 3.8) is 0 Å². The average Bonchev–Trinajstić information content (AvgIpc) is 3.33. The Morgan fingerprint density at radius 1 is 0.951 bits per heavy atom. The largest absolute Gasteiger partial charge is 0.508 e. The predicted octanol–water partition coefficient (Wildman–Crippen LogP) is 3.36. The average molecular weight is 579 g/mol. The highest BCUT2D eigenvalue weighted by atomic mass is 19.4. The molecule has 13 heteroatoms. The summed E-state index contributed by atoms with van der Waals surface area (Å²) in [6.45, 7) is 0.706. The molecule has 1 fully saturated rings. The van der Waals surface area contributed by atoms with E-state index in [4.69, 9.17) is 24.1 Å². The minimum absolute atomic E-state index is 0.0320. The molecule has 0 aliphatic carbocycles. The number of carbonyl (C=O) groups excluding carboxylic acids is 2. The Hall–Kier alpha value is -3.94. The molecule has 3 aromatic rings. The van der Waals surface area contributed by atoms with Crippen LogP contribution >= 0.6 is 0 Å². The van der Waals surface area contributed by atoms with Gasteiger partial charge >= 0.3 is 12.3 Å². The van der Waals surface area contributed by atoms with E-state index in [-0.39, 0.29) is 62.2 Å². The number of rotatable bonds is 12. The Labute approximate surface area is 232 Å². The summed E-state index contributed by atoms with van der Waals surface area (Å²) in [6.07, 6.45) is -5.21. The summed E-state index contributed by atoms with van der Waals surface area (Å²) < 4.78 is 60.7. The number of aliphatic hydroxyl groups excluding tert-OH is 1. The number of H-pyrrole nitrogens is 1. The summed E-state index contributed by atoms with van der Waals surface area (Å²) in [6, 6.07) is 10.8. The zero-order valence-corrected chi connectivity index (χ0v) is 21.9. The summed E-state index contributed by atoms with van der Waals surface area (Å²) >= 11 is 0. The second-order valence-corrected chi connectivity index (χ2v) is 9.25. The van der Waals surface area contributed by atoms with Crippen LogP contribution < -0.4 is 10.9 Å². The monoisotopic (exact) mass is 578 g/mol. The number of ether oxygens (including phenoxy) is 4. The van der Waals surface area contributed by atoms with E-state index in [9.17, 15) is 27.6 Å². The molecule has 220 valence electrons. The quantitative estimate of drug-likeness (QED) is 0.220. The highest BCUT2D eigenvalue weighted by Crippen LogP contribution is 2.37. The zero-order valence-electron chi connectivity index (χ0n) is 21.9. The van der Waals surface area contributed by atoms with Gasteiger partial charge in [-0.05, 0) is 35.6 Å². The fraction of sp³-hybridized carbons (Fsp3) is 0.393. The van der Waals surface area contributed by atoms with Gasteiger partial charge in [0.05, 0.1) is 50.6 Å². The second kappa shape index (κ2) is 13.6. The van der Waals surface area contributed by atoms with Crippen LogP contribution in [0.15, 0.2) is 53.3 Å².